The minimum absolute atomic E-state index is 0.00328. The molecule has 0 amide bonds. The van der Waals surface area contributed by atoms with Crippen LogP contribution < -0.4 is 0 Å². The number of halogens is 1. The molecular weight excluding hydrogens is 340 g/mol. The molecule has 0 bridgehead atoms. The minimum Gasteiger partial charge on any atom is -0.305 e. The summed E-state index contributed by atoms with van der Waals surface area (Å²) in [7, 11) is -1.37. The lowest BCUT2D eigenvalue weighted by molar-refractivity contribution is 0.290. The predicted octanol–water partition coefficient (Wildman–Crippen LogP) is 2.47. The summed E-state index contributed by atoms with van der Waals surface area (Å²) in [4.78, 5) is 2.57. The number of sulfonamides is 1. The van der Waals surface area contributed by atoms with Gasteiger partial charge in [-0.1, -0.05) is 15.9 Å². The van der Waals surface area contributed by atoms with E-state index in [2.05, 4.69) is 20.8 Å². The third kappa shape index (κ3) is 3.24. The highest BCUT2D eigenvalue weighted by Gasteiger charge is 2.31. The summed E-state index contributed by atoms with van der Waals surface area (Å²) in [6.45, 7) is 6.18. The summed E-state index contributed by atoms with van der Waals surface area (Å²) in [5.41, 5.74) is 0.936. The van der Waals surface area contributed by atoms with E-state index in [1.165, 1.54) is 0 Å². The van der Waals surface area contributed by atoms with Crippen LogP contribution in [0.1, 0.15) is 18.9 Å². The van der Waals surface area contributed by atoms with Gasteiger partial charge in [-0.3, -0.25) is 0 Å². The lowest BCUT2D eigenvalue weighted by Gasteiger charge is -2.27. The molecule has 1 unspecified atom stereocenters. The van der Waals surface area contributed by atoms with Crippen LogP contribution in [0.5, 0.6) is 0 Å². The van der Waals surface area contributed by atoms with Crippen LogP contribution in [0.2, 0.25) is 0 Å². The summed E-state index contributed by atoms with van der Waals surface area (Å²) in [6, 6.07) is 5.21. The van der Waals surface area contributed by atoms with Crippen LogP contribution in [0, 0.1) is 6.92 Å². The second kappa shape index (κ2) is 6.13. The summed E-state index contributed by atoms with van der Waals surface area (Å²) in [6.07, 6.45) is 0.871. The van der Waals surface area contributed by atoms with Crippen LogP contribution >= 0.6 is 15.9 Å². The molecule has 0 aliphatic carbocycles. The first-order valence-electron chi connectivity index (χ1n) is 6.79. The van der Waals surface area contributed by atoms with Gasteiger partial charge in [0.25, 0.3) is 0 Å². The van der Waals surface area contributed by atoms with E-state index >= 15 is 0 Å². The third-order valence-corrected chi connectivity index (χ3v) is 6.62. The Kier molecular flexibility index (Phi) is 4.89. The molecule has 112 valence electrons. The van der Waals surface area contributed by atoms with Crippen LogP contribution in [0.3, 0.4) is 0 Å². The van der Waals surface area contributed by atoms with Gasteiger partial charge in [-0.2, -0.15) is 4.31 Å². The SMILES string of the molecule is Cc1cc(S(=O)(=O)N2CCCN(C)CC2C)ccc1Br. The van der Waals surface area contributed by atoms with E-state index in [1.807, 2.05) is 20.9 Å². The predicted molar refractivity (Wildman–Crippen MR) is 84.3 cm³/mol. The molecule has 1 fully saturated rings. The number of hydrogen-bond donors (Lipinski definition) is 0. The van der Waals surface area contributed by atoms with Gasteiger partial charge in [-0.15, -0.1) is 0 Å². The quantitative estimate of drug-likeness (QED) is 0.813. The van der Waals surface area contributed by atoms with Crippen molar-refractivity contribution in [2.24, 2.45) is 0 Å². The molecule has 1 aliphatic heterocycles. The van der Waals surface area contributed by atoms with Crippen molar-refractivity contribution in [2.75, 3.05) is 26.7 Å². The molecule has 4 nitrogen and oxygen atoms in total. The highest BCUT2D eigenvalue weighted by atomic mass is 79.9. The number of hydrogen-bond acceptors (Lipinski definition) is 3. The van der Waals surface area contributed by atoms with E-state index < -0.39 is 10.0 Å². The van der Waals surface area contributed by atoms with Crippen molar-refractivity contribution < 1.29 is 8.42 Å². The van der Waals surface area contributed by atoms with Crippen molar-refractivity contribution in [3.8, 4) is 0 Å². The third-order valence-electron chi connectivity index (χ3n) is 3.72. The Balaban J connectivity index is 2.35. The molecule has 1 saturated heterocycles. The second-order valence-corrected chi connectivity index (χ2v) is 8.24. The van der Waals surface area contributed by atoms with Crippen molar-refractivity contribution in [1.29, 1.82) is 0 Å². The van der Waals surface area contributed by atoms with Gasteiger partial charge in [0, 0.05) is 23.6 Å². The molecular formula is C14H21BrN2O2S. The second-order valence-electron chi connectivity index (χ2n) is 5.49. The molecule has 6 heteroatoms. The van der Waals surface area contributed by atoms with Crippen LogP contribution in [0.25, 0.3) is 0 Å². The zero-order chi connectivity index (χ0) is 14.9. The number of likely N-dealkylation sites (N-methyl/N-ethyl adjacent to an activating group) is 1. The fraction of sp³-hybridized carbons (Fsp3) is 0.571. The van der Waals surface area contributed by atoms with Gasteiger partial charge in [0.1, 0.15) is 0 Å². The Morgan fingerprint density at radius 2 is 2.00 bits per heavy atom. The molecule has 0 saturated carbocycles. The van der Waals surface area contributed by atoms with Crippen molar-refractivity contribution >= 4 is 26.0 Å². The Morgan fingerprint density at radius 3 is 2.65 bits per heavy atom. The van der Waals surface area contributed by atoms with E-state index in [1.54, 1.807) is 22.5 Å². The van der Waals surface area contributed by atoms with Gasteiger partial charge in [-0.25, -0.2) is 8.42 Å². The van der Waals surface area contributed by atoms with E-state index in [0.717, 1.165) is 29.5 Å². The van der Waals surface area contributed by atoms with E-state index in [9.17, 15) is 8.42 Å². The molecule has 0 spiro atoms. The molecule has 2 rings (SSSR count). The first kappa shape index (κ1) is 15.9. The Morgan fingerprint density at radius 1 is 1.30 bits per heavy atom. The largest absolute Gasteiger partial charge is 0.305 e. The maximum absolute atomic E-state index is 12.8. The van der Waals surface area contributed by atoms with Gasteiger partial charge in [0.15, 0.2) is 0 Å². The standard InChI is InChI=1S/C14H21BrN2O2S/c1-11-9-13(5-6-14(11)15)20(18,19)17-8-4-7-16(3)10-12(17)2/h5-6,9,12H,4,7-8,10H2,1-3H3. The van der Waals surface area contributed by atoms with E-state index in [4.69, 9.17) is 0 Å². The molecule has 1 aromatic rings. The highest BCUT2D eigenvalue weighted by molar-refractivity contribution is 9.10. The lowest BCUT2D eigenvalue weighted by Crippen LogP contribution is -2.41. The fourth-order valence-corrected chi connectivity index (χ4v) is 4.61. The molecule has 0 aromatic heterocycles. The topological polar surface area (TPSA) is 40.6 Å². The smallest absolute Gasteiger partial charge is 0.243 e. The number of benzene rings is 1. The first-order valence-corrected chi connectivity index (χ1v) is 9.02. The summed E-state index contributed by atoms with van der Waals surface area (Å²) in [5, 5.41) is 0. The van der Waals surface area contributed by atoms with Crippen LogP contribution in [-0.4, -0.2) is 50.3 Å². The maximum atomic E-state index is 12.8. The zero-order valence-corrected chi connectivity index (χ0v) is 14.5. The van der Waals surface area contributed by atoms with Gasteiger partial charge in [0.2, 0.25) is 10.0 Å². The van der Waals surface area contributed by atoms with E-state index in [-0.39, 0.29) is 6.04 Å². The average molecular weight is 361 g/mol. The number of nitrogens with zero attached hydrogens (tertiary/aromatic N) is 2. The molecule has 1 heterocycles. The minimum atomic E-state index is -3.41. The summed E-state index contributed by atoms with van der Waals surface area (Å²) < 4.78 is 28.2. The van der Waals surface area contributed by atoms with E-state index in [0.29, 0.717) is 11.4 Å². The van der Waals surface area contributed by atoms with Gasteiger partial charge >= 0.3 is 0 Å². The normalized spacial score (nSPS) is 22.7. The summed E-state index contributed by atoms with van der Waals surface area (Å²) in [5.74, 6) is 0. The fourth-order valence-electron chi connectivity index (χ4n) is 2.62. The Hall–Kier alpha value is -0.430. The molecule has 0 radical (unpaired) electrons. The van der Waals surface area contributed by atoms with Gasteiger partial charge in [0.05, 0.1) is 4.90 Å². The van der Waals surface area contributed by atoms with Gasteiger partial charge in [-0.05, 0) is 57.6 Å². The average Bonchev–Trinajstić information content (AvgIpc) is 2.53. The first-order chi connectivity index (χ1) is 9.32. The highest BCUT2D eigenvalue weighted by Crippen LogP contribution is 2.25. The summed E-state index contributed by atoms with van der Waals surface area (Å²) >= 11 is 3.41. The molecule has 1 aromatic carbocycles. The molecule has 20 heavy (non-hydrogen) atoms. The monoisotopic (exact) mass is 360 g/mol. The lowest BCUT2D eigenvalue weighted by atomic mass is 10.2. The molecule has 1 aliphatic rings. The number of rotatable bonds is 2. The molecule has 1 atom stereocenters. The zero-order valence-electron chi connectivity index (χ0n) is 12.1. The van der Waals surface area contributed by atoms with Crippen LogP contribution in [0.15, 0.2) is 27.6 Å². The number of aryl methyl sites for hydroxylation is 1. The van der Waals surface area contributed by atoms with Crippen LogP contribution in [-0.2, 0) is 10.0 Å². The maximum Gasteiger partial charge on any atom is 0.243 e. The van der Waals surface area contributed by atoms with Crippen molar-refractivity contribution in [1.82, 2.24) is 9.21 Å². The van der Waals surface area contributed by atoms with Crippen molar-refractivity contribution in [3.63, 3.8) is 0 Å². The van der Waals surface area contributed by atoms with Crippen LogP contribution in [0.4, 0.5) is 0 Å². The Labute approximate surface area is 129 Å². The Bertz CT molecular complexity index is 589. The van der Waals surface area contributed by atoms with Crippen molar-refractivity contribution in [3.05, 3.63) is 28.2 Å². The molecule has 0 N–H and O–H groups in total. The van der Waals surface area contributed by atoms with Gasteiger partial charge < -0.3 is 4.90 Å². The van der Waals surface area contributed by atoms with Crippen molar-refractivity contribution in [2.45, 2.75) is 31.2 Å².